The normalized spacial score (nSPS) is 48.0. The van der Waals surface area contributed by atoms with Crippen LogP contribution in [0.2, 0.25) is 10.0 Å². The quantitative estimate of drug-likeness (QED) is 0.115. The summed E-state index contributed by atoms with van der Waals surface area (Å²) in [7, 11) is 5.34. The molecule has 526 valence electrons. The van der Waals surface area contributed by atoms with Crippen LogP contribution in [0.5, 0.6) is 11.5 Å². The first-order chi connectivity index (χ1) is 44.0. The van der Waals surface area contributed by atoms with E-state index in [-0.39, 0.29) is 66.2 Å². The van der Waals surface area contributed by atoms with E-state index in [1.165, 1.54) is 49.2 Å². The minimum Gasteiger partial charge on any atom is -0.505 e. The van der Waals surface area contributed by atoms with E-state index in [1.54, 1.807) is 34.6 Å². The number of rotatable bonds is 17. The molecule has 1 unspecified atom stereocenters. The molecule has 6 N–H and O–H groups in total. The second-order valence-corrected chi connectivity index (χ2v) is 26.0. The minimum atomic E-state index is -2.12. The van der Waals surface area contributed by atoms with E-state index >= 15 is 0 Å². The molecule has 1 aromatic carbocycles. The summed E-state index contributed by atoms with van der Waals surface area (Å²) in [5.74, 6) is -6.85. The fourth-order valence-electron chi connectivity index (χ4n) is 14.5. The van der Waals surface area contributed by atoms with Gasteiger partial charge in [-0.05, 0) is 61.0 Å². The summed E-state index contributed by atoms with van der Waals surface area (Å²) in [4.78, 5) is 39.1. The number of aliphatic hydroxyl groups is 5. The number of methoxy groups -OCH3 is 4. The van der Waals surface area contributed by atoms with Gasteiger partial charge in [-0.3, -0.25) is 9.59 Å². The first kappa shape index (κ1) is 71.3. The van der Waals surface area contributed by atoms with Crippen LogP contribution in [0.15, 0.2) is 0 Å². The van der Waals surface area contributed by atoms with Gasteiger partial charge in [-0.2, -0.15) is 0 Å². The number of hydrogen-bond donors (Lipinski definition) is 6. The van der Waals surface area contributed by atoms with E-state index in [2.05, 4.69) is 0 Å². The molecule has 11 rings (SSSR count). The van der Waals surface area contributed by atoms with Crippen molar-refractivity contribution in [3.8, 4) is 11.5 Å². The molecule has 0 radical (unpaired) electrons. The Morgan fingerprint density at radius 3 is 1.98 bits per heavy atom. The Morgan fingerprint density at radius 1 is 0.634 bits per heavy atom. The van der Waals surface area contributed by atoms with E-state index in [0.29, 0.717) is 0 Å². The molecule has 1 aromatic rings. The summed E-state index contributed by atoms with van der Waals surface area (Å²) >= 11 is 12.5. The topological polar surface area (TPSA) is 385 Å². The lowest BCUT2D eigenvalue weighted by molar-refractivity contribution is -0.428. The fourth-order valence-corrected chi connectivity index (χ4v) is 15.0. The van der Waals surface area contributed by atoms with Gasteiger partial charge >= 0.3 is 17.9 Å². The summed E-state index contributed by atoms with van der Waals surface area (Å²) in [5, 5.41) is 68.9. The molecule has 93 heavy (non-hydrogen) atoms. The first-order valence-electron chi connectivity index (χ1n) is 30.8. The Labute approximate surface area is 544 Å². The van der Waals surface area contributed by atoms with Gasteiger partial charge in [0.25, 0.3) is 5.97 Å². The van der Waals surface area contributed by atoms with Crippen LogP contribution < -0.4 is 4.74 Å². The highest BCUT2D eigenvalue weighted by Crippen LogP contribution is 2.53. The van der Waals surface area contributed by atoms with Crippen molar-refractivity contribution in [2.45, 2.75) is 270 Å². The number of esters is 2. The zero-order chi connectivity index (χ0) is 67.3. The second-order valence-electron chi connectivity index (χ2n) is 25.2. The molecule has 34 heteroatoms. The third-order valence-electron chi connectivity index (χ3n) is 19.0. The standard InChI is InChI=1S/C59H84Cl2O32/c1-20-34(45(73-12)36(61)37(66)35(20)60)52(69)85-40-21(2)78-32(14-28(40)64)83-41-23(4)88-57(15-29(41)65)92-49-24(5)79-33(16-56(49,9)93-57)84-46-39(68)53(80-22(3)42(46)72-11)86-43-30(17-71-10)82-55(47(74-13)38(43)67)87-54-48(81-27(8)63)44-31(18-75-54)90-59(91-44)51-50(76-19-77-51)58(70,25(6)62)26(7)89-59/h21-24,26,28-33,38-44,46-51,53-55,64-68,70H,14-19H2,1-13H3/t21-,22-,23-,24-,26-,28-,29-,30-,31+,32+,33+,38+,39-,40-,41-,42+,43-,44-,46-,47+,48-,49-,50-,51-,53+,54+,55+,56-,57?,58+,59-/m1/s1. The van der Waals surface area contributed by atoms with E-state index in [1.807, 2.05) is 0 Å². The molecule has 32 nitrogen and oxygen atoms in total. The SMILES string of the molecule is COC[C@H]1O[C@@H](O[C@@H]2OC[C@@H]3O[C@]4(O[C@H]3[C@H]2OC(C)=O)O[C@H](C)[C@@](O)(C(C)=O)[C@@H]2OCO[C@H]24)[C@@H](OC)[C@@H](O)[C@@H]1O[C@@H]1O[C@H](C)[C@H](OC)[C@H](O[C@H]2C[C@@]3(C)OC4(C[C@@H](O)[C@H](O[C@H]5C[C@@H](O)[C@H](OC(=O)c6c(C)c(Cl)c(O)c(Cl)c6OC)[C@@H](C)O5)[C@@H](C)O4)O[C@@H]3[C@@H](C)O2)[C@H]1O. The van der Waals surface area contributed by atoms with Crippen molar-refractivity contribution in [1.29, 1.82) is 0 Å². The molecule has 10 aliphatic heterocycles. The lowest BCUT2D eigenvalue weighted by Crippen LogP contribution is -2.72. The number of ketones is 1. The maximum Gasteiger partial charge on any atom is 0.342 e. The highest BCUT2D eigenvalue weighted by molar-refractivity contribution is 6.39. The zero-order valence-corrected chi connectivity index (χ0v) is 54.9. The third kappa shape index (κ3) is 13.0. The smallest absolute Gasteiger partial charge is 0.342 e. The molecule has 2 spiro atoms. The molecule has 0 amide bonds. The van der Waals surface area contributed by atoms with Crippen LogP contribution in [-0.4, -0.2) is 286 Å². The van der Waals surface area contributed by atoms with Crippen molar-refractivity contribution in [2.75, 3.05) is 48.4 Å². The number of halogens is 2. The van der Waals surface area contributed by atoms with Gasteiger partial charge in [-0.1, -0.05) is 23.2 Å². The van der Waals surface area contributed by atoms with Crippen molar-refractivity contribution in [3.63, 3.8) is 0 Å². The molecule has 0 bridgehead atoms. The van der Waals surface area contributed by atoms with E-state index < -0.39 is 212 Å². The third-order valence-corrected chi connectivity index (χ3v) is 19.8. The van der Waals surface area contributed by atoms with Gasteiger partial charge in [0.05, 0.1) is 74.5 Å². The van der Waals surface area contributed by atoms with Crippen LogP contribution in [-0.2, 0) is 114 Å². The van der Waals surface area contributed by atoms with Crippen LogP contribution in [0.25, 0.3) is 0 Å². The Balaban J connectivity index is 0.715. The molecule has 10 fully saturated rings. The first-order valence-corrected chi connectivity index (χ1v) is 31.5. The lowest BCUT2D eigenvalue weighted by atomic mass is 9.81. The number of ether oxygens (including phenoxy) is 23. The Kier molecular flexibility index (Phi) is 21.2. The van der Waals surface area contributed by atoms with E-state index in [0.717, 1.165) is 6.92 Å². The molecule has 10 heterocycles. The number of benzene rings is 1. The van der Waals surface area contributed by atoms with Gasteiger partial charge in [0, 0.05) is 41.1 Å². The van der Waals surface area contributed by atoms with Crippen LogP contribution in [0.1, 0.15) is 90.6 Å². The second kappa shape index (κ2) is 27.6. The number of fused-ring (bicyclic) bond motifs is 4. The van der Waals surface area contributed by atoms with Gasteiger partial charge in [0.2, 0.25) is 6.29 Å². The molecule has 0 saturated carbocycles. The summed E-state index contributed by atoms with van der Waals surface area (Å²) in [5.41, 5.74) is -3.33. The van der Waals surface area contributed by atoms with Crippen molar-refractivity contribution in [1.82, 2.24) is 0 Å². The molecule has 31 atom stereocenters. The summed E-state index contributed by atoms with van der Waals surface area (Å²) in [6, 6.07) is 0. The molecule has 10 aliphatic rings. The van der Waals surface area contributed by atoms with Gasteiger partial charge in [0.1, 0.15) is 96.2 Å². The van der Waals surface area contributed by atoms with Crippen molar-refractivity contribution in [2.24, 2.45) is 0 Å². The predicted molar refractivity (Wildman–Crippen MR) is 304 cm³/mol. The van der Waals surface area contributed by atoms with Gasteiger partial charge in [-0.25, -0.2) is 4.79 Å². The fraction of sp³-hybridized carbons (Fsp3) is 0.847. The lowest BCUT2D eigenvalue weighted by Gasteiger charge is -2.49. The summed E-state index contributed by atoms with van der Waals surface area (Å²) in [6.45, 7) is 12.9. The molecule has 0 aromatic heterocycles. The molecular weight excluding hydrogens is 1290 g/mol. The van der Waals surface area contributed by atoms with Crippen molar-refractivity contribution < 1.29 is 154 Å². The monoisotopic (exact) mass is 1370 g/mol. The highest BCUT2D eigenvalue weighted by Gasteiger charge is 2.73. The maximum atomic E-state index is 13.5. The Bertz CT molecular complexity index is 2840. The van der Waals surface area contributed by atoms with Crippen molar-refractivity contribution >= 4 is 40.9 Å². The van der Waals surface area contributed by atoms with Crippen LogP contribution >= 0.6 is 23.2 Å². The Morgan fingerprint density at radius 2 is 1.32 bits per heavy atom. The van der Waals surface area contributed by atoms with Gasteiger partial charge in [-0.15, -0.1) is 0 Å². The van der Waals surface area contributed by atoms with Crippen LogP contribution in [0.4, 0.5) is 0 Å². The van der Waals surface area contributed by atoms with Crippen molar-refractivity contribution in [3.05, 3.63) is 21.2 Å². The van der Waals surface area contributed by atoms with E-state index in [9.17, 15) is 45.0 Å². The van der Waals surface area contributed by atoms with Crippen LogP contribution in [0, 0.1) is 6.92 Å². The number of carbonyl (C=O) groups is 3. The number of aromatic hydroxyl groups is 1. The number of phenols is 1. The maximum absolute atomic E-state index is 13.5. The number of hydrogen-bond acceptors (Lipinski definition) is 32. The number of phenolic OH excluding ortho intramolecular Hbond substituents is 1. The summed E-state index contributed by atoms with van der Waals surface area (Å²) < 4.78 is 141. The number of carbonyl (C=O) groups excluding carboxylic acids is 3. The minimum absolute atomic E-state index is 0.00377. The van der Waals surface area contributed by atoms with Gasteiger partial charge in [0.15, 0.2) is 66.4 Å². The predicted octanol–water partition coefficient (Wildman–Crippen LogP) is 0.416. The average molecular weight is 1380 g/mol. The number of aliphatic hydroxyl groups excluding tert-OH is 4. The Hall–Kier alpha value is -2.99. The largest absolute Gasteiger partial charge is 0.505 e. The van der Waals surface area contributed by atoms with Gasteiger partial charge < -0.3 is 140 Å². The highest BCUT2D eigenvalue weighted by atomic mass is 35.5. The van der Waals surface area contributed by atoms with Crippen LogP contribution in [0.3, 0.4) is 0 Å². The molecular formula is C59H84Cl2O32. The molecule has 0 aliphatic carbocycles. The molecule has 10 saturated heterocycles. The summed E-state index contributed by atoms with van der Waals surface area (Å²) in [6.07, 6.45) is -32.7. The average Bonchev–Trinajstić information content (AvgIpc) is 1.59. The van der Waals surface area contributed by atoms with E-state index in [4.69, 9.17) is 132 Å². The zero-order valence-electron chi connectivity index (χ0n) is 53.4. The number of Topliss-reactive ketones (excluding diaryl/α,β-unsaturated/α-hetero) is 1.